The van der Waals surface area contributed by atoms with Crippen LogP contribution in [0.4, 0.5) is 17.6 Å². The molecule has 1 fully saturated rings. The third-order valence-electron chi connectivity index (χ3n) is 6.20. The average Bonchev–Trinajstić information content (AvgIpc) is 3.37. The molecule has 0 radical (unpaired) electrons. The van der Waals surface area contributed by atoms with Gasteiger partial charge in [-0.25, -0.2) is 9.18 Å². The number of ether oxygens (including phenoxy) is 1. The summed E-state index contributed by atoms with van der Waals surface area (Å²) in [6.45, 7) is 4.51. The molecule has 3 aromatic rings. The van der Waals surface area contributed by atoms with Gasteiger partial charge >= 0.3 is 12.1 Å². The molecule has 34 heavy (non-hydrogen) atoms. The fourth-order valence-electron chi connectivity index (χ4n) is 4.64. The number of fused-ring (bicyclic) bond motifs is 4. The number of nitrogens with one attached hydrogen (secondary N) is 2. The highest BCUT2D eigenvalue weighted by molar-refractivity contribution is 5.85. The summed E-state index contributed by atoms with van der Waals surface area (Å²) >= 11 is 0. The van der Waals surface area contributed by atoms with Crippen LogP contribution in [0.1, 0.15) is 17.7 Å². The Kier molecular flexibility index (Phi) is 6.81. The van der Waals surface area contributed by atoms with Crippen molar-refractivity contribution in [2.24, 2.45) is 0 Å². The highest BCUT2D eigenvalue weighted by Gasteiger charge is 2.44. The number of H-pyrrole nitrogens is 1. The number of para-hydroxylation sites is 1. The molecule has 0 bridgehead atoms. The molecule has 1 saturated heterocycles. The number of hydrogen-bond donors (Lipinski definition) is 3. The van der Waals surface area contributed by atoms with Gasteiger partial charge in [0, 0.05) is 42.8 Å². The second-order valence-corrected chi connectivity index (χ2v) is 8.42. The fraction of sp³-hybridized carbons (Fsp3) is 0.375. The minimum absolute atomic E-state index is 0.0597. The number of carbonyl (C=O) groups is 1. The van der Waals surface area contributed by atoms with Crippen molar-refractivity contribution in [3.63, 3.8) is 0 Å². The first-order chi connectivity index (χ1) is 16.2. The molecule has 0 saturated carbocycles. The van der Waals surface area contributed by atoms with Crippen LogP contribution in [-0.2, 0) is 16.8 Å². The van der Waals surface area contributed by atoms with Gasteiger partial charge in [-0.1, -0.05) is 18.2 Å². The maximum absolute atomic E-state index is 13.7. The summed E-state index contributed by atoms with van der Waals surface area (Å²) in [6, 6.07) is 15.0. The third-order valence-corrected chi connectivity index (χ3v) is 6.20. The second-order valence-electron chi connectivity index (χ2n) is 8.42. The molecule has 0 amide bonds. The largest absolute Gasteiger partial charge is 0.492 e. The highest BCUT2D eigenvalue weighted by Crippen LogP contribution is 2.39. The van der Waals surface area contributed by atoms with Gasteiger partial charge in [0.2, 0.25) is 0 Å². The Morgan fingerprint density at radius 1 is 1.18 bits per heavy atom. The van der Waals surface area contributed by atoms with E-state index in [1.165, 1.54) is 17.3 Å². The molecule has 1 atom stereocenters. The first kappa shape index (κ1) is 24.0. The smallest absolute Gasteiger partial charge is 0.490 e. The molecule has 1 unspecified atom stereocenters. The van der Waals surface area contributed by atoms with Gasteiger partial charge in [0.1, 0.15) is 18.2 Å². The van der Waals surface area contributed by atoms with Gasteiger partial charge in [0.25, 0.3) is 0 Å². The van der Waals surface area contributed by atoms with Crippen LogP contribution in [0.5, 0.6) is 5.75 Å². The van der Waals surface area contributed by atoms with Crippen LogP contribution in [0.25, 0.3) is 10.9 Å². The number of carboxylic acid groups (broad SMARTS) is 1. The Hall–Kier alpha value is -3.11. The lowest BCUT2D eigenvalue weighted by Crippen LogP contribution is -2.49. The summed E-state index contributed by atoms with van der Waals surface area (Å²) in [7, 11) is 0. The molecule has 6 nitrogen and oxygen atoms in total. The molecule has 182 valence electrons. The van der Waals surface area contributed by atoms with Gasteiger partial charge in [-0.15, -0.1) is 0 Å². The zero-order chi connectivity index (χ0) is 24.3. The van der Waals surface area contributed by atoms with Crippen LogP contribution in [0, 0.1) is 5.82 Å². The van der Waals surface area contributed by atoms with E-state index in [9.17, 15) is 17.6 Å². The summed E-state index contributed by atoms with van der Waals surface area (Å²) in [5.41, 5.74) is 3.51. The van der Waals surface area contributed by atoms with E-state index >= 15 is 0 Å². The molecule has 2 aliphatic rings. The van der Waals surface area contributed by atoms with E-state index in [0.717, 1.165) is 55.7 Å². The number of hydrogen-bond acceptors (Lipinski definition) is 4. The third kappa shape index (κ3) is 5.18. The Morgan fingerprint density at radius 2 is 1.91 bits per heavy atom. The standard InChI is InChI=1S/C22H24FN3O.C2HF3O2/c23-16-6-7-20-19(14-16)18-8-10-24-22(21(18)25-20)9-11-26(15-22)12-13-27-17-4-2-1-3-5-17;3-2(4,5)1(6)7/h1-7,14,24-25H,8-13,15H2;(H,6,7). The number of aliphatic carboxylic acids is 1. The van der Waals surface area contributed by atoms with Crippen molar-refractivity contribution in [2.45, 2.75) is 24.6 Å². The summed E-state index contributed by atoms with van der Waals surface area (Å²) in [5.74, 6) is -2.00. The lowest BCUT2D eigenvalue weighted by Gasteiger charge is -2.35. The zero-order valence-electron chi connectivity index (χ0n) is 18.3. The average molecular weight is 479 g/mol. The lowest BCUT2D eigenvalue weighted by atomic mass is 9.86. The van der Waals surface area contributed by atoms with Crippen molar-refractivity contribution >= 4 is 16.9 Å². The molecular formula is C24H25F4N3O3. The number of rotatable bonds is 4. The van der Waals surface area contributed by atoms with E-state index in [0.29, 0.717) is 6.61 Å². The van der Waals surface area contributed by atoms with E-state index in [1.54, 1.807) is 6.07 Å². The summed E-state index contributed by atoms with van der Waals surface area (Å²) in [5, 5.41) is 11.9. The Labute approximate surface area is 193 Å². The maximum Gasteiger partial charge on any atom is 0.490 e. The molecule has 5 rings (SSSR count). The number of likely N-dealkylation sites (tertiary alicyclic amines) is 1. The van der Waals surface area contributed by atoms with Crippen molar-refractivity contribution in [3.8, 4) is 5.75 Å². The molecule has 3 N–H and O–H groups in total. The quantitative estimate of drug-likeness (QED) is 0.492. The predicted octanol–water partition coefficient (Wildman–Crippen LogP) is 4.07. The summed E-state index contributed by atoms with van der Waals surface area (Å²) < 4.78 is 51.3. The van der Waals surface area contributed by atoms with Gasteiger partial charge in [0.15, 0.2) is 0 Å². The lowest BCUT2D eigenvalue weighted by molar-refractivity contribution is -0.192. The number of nitrogens with zero attached hydrogens (tertiary/aromatic N) is 1. The molecule has 1 aromatic heterocycles. The van der Waals surface area contributed by atoms with E-state index in [-0.39, 0.29) is 11.4 Å². The normalized spacial score (nSPS) is 20.1. The van der Waals surface area contributed by atoms with Crippen LogP contribution in [-0.4, -0.2) is 59.9 Å². The van der Waals surface area contributed by atoms with Crippen molar-refractivity contribution in [2.75, 3.05) is 32.8 Å². The van der Waals surface area contributed by atoms with Gasteiger partial charge < -0.3 is 20.1 Å². The van der Waals surface area contributed by atoms with Crippen LogP contribution < -0.4 is 10.1 Å². The first-order valence-electron chi connectivity index (χ1n) is 10.9. The summed E-state index contributed by atoms with van der Waals surface area (Å²) in [6.07, 6.45) is -3.09. The first-order valence-corrected chi connectivity index (χ1v) is 10.9. The molecule has 2 aromatic carbocycles. The van der Waals surface area contributed by atoms with E-state index in [1.807, 2.05) is 36.4 Å². The monoisotopic (exact) mass is 479 g/mol. The van der Waals surface area contributed by atoms with Crippen LogP contribution in [0.15, 0.2) is 48.5 Å². The minimum atomic E-state index is -5.08. The topological polar surface area (TPSA) is 77.6 Å². The van der Waals surface area contributed by atoms with Gasteiger partial charge in [-0.05, 0) is 48.7 Å². The highest BCUT2D eigenvalue weighted by atomic mass is 19.4. The van der Waals surface area contributed by atoms with Gasteiger partial charge in [-0.2, -0.15) is 13.2 Å². The van der Waals surface area contributed by atoms with Crippen molar-refractivity contribution in [3.05, 3.63) is 65.6 Å². The summed E-state index contributed by atoms with van der Waals surface area (Å²) in [4.78, 5) is 14.9. The van der Waals surface area contributed by atoms with Crippen LogP contribution in [0.3, 0.4) is 0 Å². The Balaban J connectivity index is 0.000000344. The maximum atomic E-state index is 13.7. The van der Waals surface area contributed by atoms with Crippen LogP contribution in [0.2, 0.25) is 0 Å². The molecular weight excluding hydrogens is 454 g/mol. The van der Waals surface area contributed by atoms with Crippen LogP contribution >= 0.6 is 0 Å². The van der Waals surface area contributed by atoms with Crippen molar-refractivity contribution < 1.29 is 32.2 Å². The van der Waals surface area contributed by atoms with E-state index in [4.69, 9.17) is 14.6 Å². The zero-order valence-corrected chi connectivity index (χ0v) is 18.3. The number of alkyl halides is 3. The number of aromatic amines is 1. The van der Waals surface area contributed by atoms with E-state index < -0.39 is 12.1 Å². The van der Waals surface area contributed by atoms with Crippen molar-refractivity contribution in [1.82, 2.24) is 15.2 Å². The second kappa shape index (κ2) is 9.63. The number of benzene rings is 2. The molecule has 1 spiro atoms. The number of carboxylic acids is 1. The minimum Gasteiger partial charge on any atom is -0.492 e. The van der Waals surface area contributed by atoms with Gasteiger partial charge in [0.05, 0.1) is 5.54 Å². The Bertz CT molecular complexity index is 1150. The SMILES string of the molecule is Fc1ccc2[nH]c3c(c2c1)CCNC31CCN(CCOc2ccccc2)C1.O=C(O)C(F)(F)F. The molecule has 3 heterocycles. The molecule has 2 aliphatic heterocycles. The number of aromatic nitrogens is 1. The predicted molar refractivity (Wildman–Crippen MR) is 118 cm³/mol. The van der Waals surface area contributed by atoms with Gasteiger partial charge in [-0.3, -0.25) is 4.90 Å². The number of halogens is 4. The fourth-order valence-corrected chi connectivity index (χ4v) is 4.64. The Morgan fingerprint density at radius 3 is 2.62 bits per heavy atom. The molecule has 10 heteroatoms. The van der Waals surface area contributed by atoms with E-state index in [2.05, 4.69) is 15.2 Å². The molecule has 0 aliphatic carbocycles. The van der Waals surface area contributed by atoms with Crippen molar-refractivity contribution in [1.29, 1.82) is 0 Å².